The molecule has 6 rings (SSSR count). The van der Waals surface area contributed by atoms with Gasteiger partial charge in [-0.2, -0.15) is 0 Å². The van der Waals surface area contributed by atoms with E-state index >= 15 is 0 Å². The number of hydrogen-bond acceptors (Lipinski definition) is 5. The molecule has 0 radical (unpaired) electrons. The van der Waals surface area contributed by atoms with Crippen molar-refractivity contribution in [3.05, 3.63) is 40.9 Å². The zero-order valence-corrected chi connectivity index (χ0v) is 24.1. The van der Waals surface area contributed by atoms with E-state index in [1.807, 2.05) is 31.2 Å². The second-order valence-corrected chi connectivity index (χ2v) is 12.7. The minimum Gasteiger partial charge on any atom is -0.359 e. The average molecular weight is 569 g/mol. The summed E-state index contributed by atoms with van der Waals surface area (Å²) >= 11 is 6.30. The second kappa shape index (κ2) is 11.5. The summed E-state index contributed by atoms with van der Waals surface area (Å²) in [7, 11) is 0. The fourth-order valence-electron chi connectivity index (χ4n) is 7.54. The van der Waals surface area contributed by atoms with E-state index < -0.39 is 29.6 Å². The summed E-state index contributed by atoms with van der Waals surface area (Å²) in [5.74, 6) is -2.06. The van der Waals surface area contributed by atoms with E-state index in [0.717, 1.165) is 57.2 Å². The maximum atomic E-state index is 14.2. The van der Waals surface area contributed by atoms with Crippen molar-refractivity contribution in [2.75, 3.05) is 31.5 Å². The monoisotopic (exact) mass is 568 g/mol. The molecule has 1 spiro atoms. The number of rotatable bonds is 7. The van der Waals surface area contributed by atoms with E-state index in [1.165, 1.54) is 19.3 Å². The number of aryl methyl sites for hydroxylation is 1. The molecule has 5 atom stereocenters. The smallest absolute Gasteiger partial charge is 0.246 e. The van der Waals surface area contributed by atoms with E-state index in [9.17, 15) is 14.4 Å². The van der Waals surface area contributed by atoms with Crippen LogP contribution >= 0.6 is 11.6 Å². The Labute approximate surface area is 241 Å². The summed E-state index contributed by atoms with van der Waals surface area (Å²) < 4.78 is 6.50. The van der Waals surface area contributed by atoms with Gasteiger partial charge < -0.3 is 25.2 Å². The van der Waals surface area contributed by atoms with Gasteiger partial charge in [0.2, 0.25) is 17.7 Å². The summed E-state index contributed by atoms with van der Waals surface area (Å²) in [6.07, 6.45) is 13.3. The number of fused-ring (bicyclic) bond motifs is 1. The van der Waals surface area contributed by atoms with E-state index in [0.29, 0.717) is 23.8 Å². The molecule has 40 heavy (non-hydrogen) atoms. The quantitative estimate of drug-likeness (QED) is 0.484. The Morgan fingerprint density at radius 2 is 1.75 bits per heavy atom. The predicted octanol–water partition coefficient (Wildman–Crippen LogP) is 4.06. The van der Waals surface area contributed by atoms with Crippen molar-refractivity contribution in [3.8, 4) is 0 Å². The Morgan fingerprint density at radius 1 is 1.02 bits per heavy atom. The lowest BCUT2D eigenvalue weighted by Crippen LogP contribution is -2.57. The van der Waals surface area contributed by atoms with Crippen molar-refractivity contribution >= 4 is 35.0 Å². The third-order valence-electron chi connectivity index (χ3n) is 9.67. The van der Waals surface area contributed by atoms with Crippen molar-refractivity contribution in [1.82, 2.24) is 15.1 Å². The molecule has 0 aromatic heterocycles. The summed E-state index contributed by atoms with van der Waals surface area (Å²) in [5, 5.41) is 6.80. The van der Waals surface area contributed by atoms with Crippen LogP contribution in [0.2, 0.25) is 5.02 Å². The summed E-state index contributed by atoms with van der Waals surface area (Å²) in [4.78, 5) is 46.0. The van der Waals surface area contributed by atoms with Gasteiger partial charge in [-0.15, -0.1) is 0 Å². The van der Waals surface area contributed by atoms with Crippen molar-refractivity contribution in [3.63, 3.8) is 0 Å². The molecule has 3 amide bonds. The predicted molar refractivity (Wildman–Crippen MR) is 154 cm³/mol. The number of carbonyl (C=O) groups excluding carboxylic acids is 3. The standard InChI is InChI=1S/C31H41ClN4O4/c1-20-11-12-22(19-23(20)32)34-28(37)25-24-13-14-31(40-24)26(25)30(39)36(18-17-35-15-7-2-3-8-16-35)27(31)29(38)33-21-9-5-4-6-10-21/h11-14,19,21,24-27H,2-10,15-18H2,1H3,(H,33,38)(H,34,37). The van der Waals surface area contributed by atoms with Crippen LogP contribution in [0.5, 0.6) is 0 Å². The number of nitrogens with one attached hydrogen (secondary N) is 2. The molecule has 4 aliphatic heterocycles. The van der Waals surface area contributed by atoms with Crippen LogP contribution < -0.4 is 10.6 Å². The molecule has 2 N–H and O–H groups in total. The molecule has 4 fully saturated rings. The summed E-state index contributed by atoms with van der Waals surface area (Å²) in [6, 6.07) is 4.72. The fourth-order valence-corrected chi connectivity index (χ4v) is 7.72. The van der Waals surface area contributed by atoms with Crippen LogP contribution in [-0.2, 0) is 19.1 Å². The van der Waals surface area contributed by atoms with Crippen LogP contribution in [0.3, 0.4) is 0 Å². The number of hydrogen-bond donors (Lipinski definition) is 2. The normalized spacial score (nSPS) is 32.2. The van der Waals surface area contributed by atoms with Gasteiger partial charge in [-0.25, -0.2) is 0 Å². The number of anilines is 1. The molecular formula is C31H41ClN4O4. The lowest BCUT2D eigenvalue weighted by Gasteiger charge is -2.35. The lowest BCUT2D eigenvalue weighted by molar-refractivity contribution is -0.141. The molecular weight excluding hydrogens is 528 g/mol. The van der Waals surface area contributed by atoms with Crippen molar-refractivity contribution in [2.45, 2.75) is 88.5 Å². The third-order valence-corrected chi connectivity index (χ3v) is 10.1. The number of benzene rings is 1. The van der Waals surface area contributed by atoms with E-state index in [1.54, 1.807) is 11.0 Å². The van der Waals surface area contributed by atoms with Crippen LogP contribution in [-0.4, -0.2) is 77.5 Å². The molecule has 1 aromatic rings. The number of likely N-dealkylation sites (tertiary alicyclic amines) is 2. The fraction of sp³-hybridized carbons (Fsp3) is 0.645. The number of carbonyl (C=O) groups is 3. The zero-order chi connectivity index (χ0) is 27.9. The van der Waals surface area contributed by atoms with Gasteiger partial charge in [0.15, 0.2) is 0 Å². The van der Waals surface area contributed by atoms with Gasteiger partial charge in [-0.3, -0.25) is 14.4 Å². The minimum atomic E-state index is -1.13. The second-order valence-electron chi connectivity index (χ2n) is 12.3. The topological polar surface area (TPSA) is 91.0 Å². The van der Waals surface area contributed by atoms with Crippen LogP contribution in [0.4, 0.5) is 5.69 Å². The Bertz CT molecular complexity index is 1180. The molecule has 1 aromatic carbocycles. The van der Waals surface area contributed by atoms with Gasteiger partial charge in [-0.05, 0) is 63.4 Å². The Balaban J connectivity index is 1.26. The molecule has 1 saturated carbocycles. The SMILES string of the molecule is Cc1ccc(NC(=O)C2C3C=CC4(O3)C2C(=O)N(CCN2CCCCCC2)C4C(=O)NC2CCCCC2)cc1Cl. The van der Waals surface area contributed by atoms with Crippen LogP contribution in [0.25, 0.3) is 0 Å². The Morgan fingerprint density at radius 3 is 2.48 bits per heavy atom. The first kappa shape index (κ1) is 27.7. The zero-order valence-electron chi connectivity index (χ0n) is 23.4. The highest BCUT2D eigenvalue weighted by molar-refractivity contribution is 6.31. The third kappa shape index (κ3) is 5.07. The highest BCUT2D eigenvalue weighted by atomic mass is 35.5. The minimum absolute atomic E-state index is 0.118. The largest absolute Gasteiger partial charge is 0.359 e. The van der Waals surface area contributed by atoms with E-state index in [-0.39, 0.29) is 23.8 Å². The van der Waals surface area contributed by atoms with Gasteiger partial charge >= 0.3 is 0 Å². The summed E-state index contributed by atoms with van der Waals surface area (Å²) in [5.41, 5.74) is 0.366. The molecule has 1 aliphatic carbocycles. The highest BCUT2D eigenvalue weighted by Gasteiger charge is 2.72. The number of ether oxygens (including phenoxy) is 1. The number of nitrogens with zero attached hydrogens (tertiary/aromatic N) is 2. The van der Waals surface area contributed by atoms with Gasteiger partial charge in [-0.1, -0.05) is 61.9 Å². The van der Waals surface area contributed by atoms with Gasteiger partial charge in [0.1, 0.15) is 11.6 Å². The maximum absolute atomic E-state index is 14.2. The van der Waals surface area contributed by atoms with Crippen molar-refractivity contribution in [2.24, 2.45) is 11.8 Å². The van der Waals surface area contributed by atoms with E-state index in [2.05, 4.69) is 15.5 Å². The Kier molecular flexibility index (Phi) is 7.94. The molecule has 9 heteroatoms. The maximum Gasteiger partial charge on any atom is 0.246 e. The number of amides is 3. The molecule has 216 valence electrons. The first-order chi connectivity index (χ1) is 19.4. The average Bonchev–Trinajstić information content (AvgIpc) is 3.49. The molecule has 3 saturated heterocycles. The van der Waals surface area contributed by atoms with E-state index in [4.69, 9.17) is 16.3 Å². The molecule has 5 aliphatic rings. The summed E-state index contributed by atoms with van der Waals surface area (Å²) in [6.45, 7) is 5.09. The molecule has 5 unspecified atom stereocenters. The van der Waals surface area contributed by atoms with Gasteiger partial charge in [0.05, 0.1) is 17.9 Å². The van der Waals surface area contributed by atoms with Crippen molar-refractivity contribution in [1.29, 1.82) is 0 Å². The molecule has 8 nitrogen and oxygen atoms in total. The highest BCUT2D eigenvalue weighted by Crippen LogP contribution is 2.55. The number of halogens is 1. The first-order valence-electron chi connectivity index (χ1n) is 15.1. The van der Waals surface area contributed by atoms with Crippen LogP contribution in [0.15, 0.2) is 30.4 Å². The van der Waals surface area contributed by atoms with Crippen molar-refractivity contribution < 1.29 is 19.1 Å². The Hall–Kier alpha value is -2.42. The first-order valence-corrected chi connectivity index (χ1v) is 15.5. The van der Waals surface area contributed by atoms with Crippen LogP contribution in [0.1, 0.15) is 63.4 Å². The van der Waals surface area contributed by atoms with Gasteiger partial charge in [0, 0.05) is 29.8 Å². The lowest BCUT2D eigenvalue weighted by atomic mass is 9.74. The van der Waals surface area contributed by atoms with Gasteiger partial charge in [0.25, 0.3) is 0 Å². The van der Waals surface area contributed by atoms with Crippen LogP contribution in [0, 0.1) is 18.8 Å². The molecule has 4 heterocycles. The molecule has 2 bridgehead atoms.